The monoisotopic (exact) mass is 294 g/mol. The summed E-state index contributed by atoms with van der Waals surface area (Å²) < 4.78 is 5.15. The summed E-state index contributed by atoms with van der Waals surface area (Å²) in [5.74, 6) is 1.92. The molecule has 1 aromatic heterocycles. The number of hydrogen-bond acceptors (Lipinski definition) is 5. The van der Waals surface area contributed by atoms with Gasteiger partial charge in [-0.15, -0.1) is 0 Å². The number of nitrogen functional groups attached to an aromatic ring is 1. The fourth-order valence-electron chi connectivity index (χ4n) is 2.29. The van der Waals surface area contributed by atoms with Crippen LogP contribution in [0.15, 0.2) is 48.5 Å². The molecule has 0 aliphatic carbocycles. The van der Waals surface area contributed by atoms with E-state index in [2.05, 4.69) is 27.4 Å². The highest BCUT2D eigenvalue weighted by molar-refractivity contribution is 5.88. The first-order valence-corrected chi connectivity index (χ1v) is 7.15. The number of hydrogen-bond donors (Lipinski definition) is 2. The third-order valence-electron chi connectivity index (χ3n) is 3.49. The molecule has 112 valence electrons. The lowest BCUT2D eigenvalue weighted by Gasteiger charge is -2.08. The second-order valence-corrected chi connectivity index (χ2v) is 4.97. The van der Waals surface area contributed by atoms with E-state index in [1.807, 2.05) is 36.4 Å². The van der Waals surface area contributed by atoms with E-state index in [0.717, 1.165) is 29.6 Å². The van der Waals surface area contributed by atoms with Gasteiger partial charge in [0.05, 0.1) is 12.6 Å². The van der Waals surface area contributed by atoms with Gasteiger partial charge < -0.3 is 15.8 Å². The molecular formula is C17H18N4O. The van der Waals surface area contributed by atoms with Crippen LogP contribution in [-0.4, -0.2) is 23.6 Å². The van der Waals surface area contributed by atoms with Gasteiger partial charge in [0, 0.05) is 11.9 Å². The lowest BCUT2D eigenvalue weighted by atomic mass is 10.1. The highest BCUT2D eigenvalue weighted by Crippen LogP contribution is 2.19. The second-order valence-electron chi connectivity index (χ2n) is 4.97. The van der Waals surface area contributed by atoms with Crippen molar-refractivity contribution in [1.82, 2.24) is 9.97 Å². The lowest BCUT2D eigenvalue weighted by molar-refractivity contribution is 0.414. The van der Waals surface area contributed by atoms with Crippen molar-refractivity contribution in [3.8, 4) is 5.75 Å². The molecule has 0 radical (unpaired) electrons. The minimum atomic E-state index is 0.498. The van der Waals surface area contributed by atoms with Gasteiger partial charge in [0.2, 0.25) is 5.95 Å². The molecule has 0 bridgehead atoms. The fraction of sp³-hybridized carbons (Fsp3) is 0.176. The van der Waals surface area contributed by atoms with Crippen LogP contribution in [0.5, 0.6) is 5.75 Å². The van der Waals surface area contributed by atoms with Gasteiger partial charge in [-0.3, -0.25) is 0 Å². The maximum Gasteiger partial charge on any atom is 0.225 e. The molecule has 0 saturated heterocycles. The van der Waals surface area contributed by atoms with Gasteiger partial charge in [0.15, 0.2) is 0 Å². The Morgan fingerprint density at radius 1 is 1.05 bits per heavy atom. The first-order chi connectivity index (χ1) is 10.8. The molecule has 0 amide bonds. The van der Waals surface area contributed by atoms with E-state index in [9.17, 15) is 0 Å². The quantitative estimate of drug-likeness (QED) is 0.757. The minimum absolute atomic E-state index is 0.498. The predicted octanol–water partition coefficient (Wildman–Crippen LogP) is 2.88. The molecule has 0 saturated carbocycles. The third-order valence-corrected chi connectivity index (χ3v) is 3.49. The zero-order valence-electron chi connectivity index (χ0n) is 12.4. The molecule has 0 fully saturated rings. The third kappa shape index (κ3) is 3.09. The van der Waals surface area contributed by atoms with E-state index in [1.54, 1.807) is 7.11 Å². The van der Waals surface area contributed by atoms with Crippen molar-refractivity contribution in [2.75, 3.05) is 24.7 Å². The van der Waals surface area contributed by atoms with Crippen molar-refractivity contribution in [1.29, 1.82) is 0 Å². The number of aromatic nitrogens is 2. The number of para-hydroxylation sites is 1. The van der Waals surface area contributed by atoms with Gasteiger partial charge in [-0.05, 0) is 36.2 Å². The molecule has 22 heavy (non-hydrogen) atoms. The molecule has 3 aromatic rings. The smallest absolute Gasteiger partial charge is 0.225 e. The summed E-state index contributed by atoms with van der Waals surface area (Å²) in [6, 6.07) is 15.7. The lowest BCUT2D eigenvalue weighted by Crippen LogP contribution is -2.09. The Hall–Kier alpha value is -2.82. The second kappa shape index (κ2) is 6.30. The van der Waals surface area contributed by atoms with Crippen LogP contribution >= 0.6 is 0 Å². The SMILES string of the molecule is COc1ccc(CCNc2nc(N)c3ccccc3n2)cc1. The van der Waals surface area contributed by atoms with Gasteiger partial charge in [0.25, 0.3) is 0 Å². The van der Waals surface area contributed by atoms with E-state index in [1.165, 1.54) is 5.56 Å². The van der Waals surface area contributed by atoms with Crippen LogP contribution in [0.4, 0.5) is 11.8 Å². The minimum Gasteiger partial charge on any atom is -0.497 e. The van der Waals surface area contributed by atoms with Crippen LogP contribution in [0.25, 0.3) is 10.9 Å². The summed E-state index contributed by atoms with van der Waals surface area (Å²) in [7, 11) is 1.66. The Labute approximate surface area is 129 Å². The summed E-state index contributed by atoms with van der Waals surface area (Å²) >= 11 is 0. The molecule has 5 heteroatoms. The number of fused-ring (bicyclic) bond motifs is 1. The van der Waals surface area contributed by atoms with Crippen LogP contribution in [0.1, 0.15) is 5.56 Å². The molecular weight excluding hydrogens is 276 g/mol. The molecule has 5 nitrogen and oxygen atoms in total. The van der Waals surface area contributed by atoms with Crippen LogP contribution in [0, 0.1) is 0 Å². The predicted molar refractivity (Wildman–Crippen MR) is 89.1 cm³/mol. The number of nitrogens with zero attached hydrogens (tertiary/aromatic N) is 2. The summed E-state index contributed by atoms with van der Waals surface area (Å²) in [5.41, 5.74) is 8.04. The molecule has 3 rings (SSSR count). The molecule has 0 spiro atoms. The largest absolute Gasteiger partial charge is 0.497 e. The van der Waals surface area contributed by atoms with Gasteiger partial charge in [-0.2, -0.15) is 4.98 Å². The zero-order chi connectivity index (χ0) is 15.4. The Morgan fingerprint density at radius 3 is 2.59 bits per heavy atom. The normalized spacial score (nSPS) is 10.6. The number of rotatable bonds is 5. The van der Waals surface area contributed by atoms with Gasteiger partial charge in [0.1, 0.15) is 11.6 Å². The average Bonchev–Trinajstić information content (AvgIpc) is 2.56. The maximum atomic E-state index is 5.97. The summed E-state index contributed by atoms with van der Waals surface area (Å²) in [6.45, 7) is 0.740. The van der Waals surface area contributed by atoms with Gasteiger partial charge in [-0.25, -0.2) is 4.98 Å². The van der Waals surface area contributed by atoms with Crippen LogP contribution in [0.2, 0.25) is 0 Å². The van der Waals surface area contributed by atoms with Crippen molar-refractivity contribution >= 4 is 22.7 Å². The van der Waals surface area contributed by atoms with Crippen molar-refractivity contribution in [2.24, 2.45) is 0 Å². The number of methoxy groups -OCH3 is 1. The Kier molecular flexibility index (Phi) is 4.05. The van der Waals surface area contributed by atoms with E-state index in [4.69, 9.17) is 10.5 Å². The number of ether oxygens (including phenoxy) is 1. The number of benzene rings is 2. The highest BCUT2D eigenvalue weighted by Gasteiger charge is 2.04. The van der Waals surface area contributed by atoms with E-state index in [0.29, 0.717) is 11.8 Å². The summed E-state index contributed by atoms with van der Waals surface area (Å²) in [6.07, 6.45) is 0.875. The molecule has 3 N–H and O–H groups in total. The molecule has 0 aliphatic heterocycles. The number of nitrogens with two attached hydrogens (primary N) is 1. The molecule has 0 atom stereocenters. The highest BCUT2D eigenvalue weighted by atomic mass is 16.5. The Balaban J connectivity index is 1.66. The standard InChI is InChI=1S/C17H18N4O/c1-22-13-8-6-12(7-9-13)10-11-19-17-20-15-5-3-2-4-14(15)16(18)21-17/h2-9H,10-11H2,1H3,(H3,18,19,20,21). The Morgan fingerprint density at radius 2 is 1.82 bits per heavy atom. The van der Waals surface area contributed by atoms with Gasteiger partial charge in [-0.1, -0.05) is 24.3 Å². The van der Waals surface area contributed by atoms with E-state index >= 15 is 0 Å². The van der Waals surface area contributed by atoms with Crippen molar-refractivity contribution in [3.05, 3.63) is 54.1 Å². The summed E-state index contributed by atoms with van der Waals surface area (Å²) in [4.78, 5) is 8.77. The summed E-state index contributed by atoms with van der Waals surface area (Å²) in [5, 5.41) is 4.10. The number of nitrogens with one attached hydrogen (secondary N) is 1. The first-order valence-electron chi connectivity index (χ1n) is 7.15. The van der Waals surface area contributed by atoms with Crippen LogP contribution < -0.4 is 15.8 Å². The van der Waals surface area contributed by atoms with E-state index in [-0.39, 0.29) is 0 Å². The van der Waals surface area contributed by atoms with Crippen molar-refractivity contribution in [2.45, 2.75) is 6.42 Å². The van der Waals surface area contributed by atoms with Crippen LogP contribution in [0.3, 0.4) is 0 Å². The van der Waals surface area contributed by atoms with Crippen molar-refractivity contribution in [3.63, 3.8) is 0 Å². The maximum absolute atomic E-state index is 5.97. The van der Waals surface area contributed by atoms with E-state index < -0.39 is 0 Å². The number of anilines is 2. The Bertz CT molecular complexity index is 771. The zero-order valence-corrected chi connectivity index (χ0v) is 12.4. The molecule has 2 aromatic carbocycles. The first kappa shape index (κ1) is 14.1. The fourth-order valence-corrected chi connectivity index (χ4v) is 2.29. The molecule has 1 heterocycles. The van der Waals surface area contributed by atoms with Crippen LogP contribution in [-0.2, 0) is 6.42 Å². The molecule has 0 unspecified atom stereocenters. The van der Waals surface area contributed by atoms with Crippen molar-refractivity contribution < 1.29 is 4.74 Å². The average molecular weight is 294 g/mol. The molecule has 0 aliphatic rings. The van der Waals surface area contributed by atoms with Gasteiger partial charge >= 0.3 is 0 Å². The topological polar surface area (TPSA) is 73.1 Å².